The van der Waals surface area contributed by atoms with Crippen LogP contribution in [0.3, 0.4) is 0 Å². The minimum Gasteiger partial charge on any atom is -0.497 e. The first-order valence-electron chi connectivity index (χ1n) is 10.6. The lowest BCUT2D eigenvalue weighted by Gasteiger charge is -2.10. The summed E-state index contributed by atoms with van der Waals surface area (Å²) in [4.78, 5) is 0. The van der Waals surface area contributed by atoms with Crippen molar-refractivity contribution in [2.45, 2.75) is 0 Å². The molecule has 33 heavy (non-hydrogen) atoms. The molecule has 0 atom stereocenters. The first-order chi connectivity index (χ1) is 16.2. The van der Waals surface area contributed by atoms with Crippen molar-refractivity contribution in [1.29, 1.82) is 0 Å². The average Bonchev–Trinajstić information content (AvgIpc) is 3.39. The Balaban J connectivity index is 1.62. The normalized spacial score (nSPS) is 10.7. The maximum atomic E-state index is 6.28. The van der Waals surface area contributed by atoms with Crippen LogP contribution < -0.4 is 9.47 Å². The number of benzene rings is 3. The molecule has 5 nitrogen and oxygen atoms in total. The standard InChI is InChI=1S/C28H22N2O3/c1-31-22-12-8-19(9-13-22)25-18-24(27-17-16-26(33-27)20-6-4-3-5-7-20)28(30-29-25)21-10-14-23(32-2)15-11-21/h3-18H,1-2H3. The monoisotopic (exact) mass is 434 g/mol. The third kappa shape index (κ3) is 4.21. The van der Waals surface area contributed by atoms with E-state index in [1.807, 2.05) is 97.1 Å². The van der Waals surface area contributed by atoms with E-state index in [1.165, 1.54) is 0 Å². The highest BCUT2D eigenvalue weighted by atomic mass is 16.5. The third-order valence-electron chi connectivity index (χ3n) is 5.47. The van der Waals surface area contributed by atoms with Gasteiger partial charge in [-0.3, -0.25) is 0 Å². The molecule has 0 radical (unpaired) electrons. The summed E-state index contributed by atoms with van der Waals surface area (Å²) < 4.78 is 16.9. The van der Waals surface area contributed by atoms with Crippen molar-refractivity contribution >= 4 is 0 Å². The fourth-order valence-corrected chi connectivity index (χ4v) is 3.68. The Morgan fingerprint density at radius 1 is 0.576 bits per heavy atom. The van der Waals surface area contributed by atoms with E-state index in [2.05, 4.69) is 10.2 Å². The molecular weight excluding hydrogens is 412 g/mol. The molecule has 0 fully saturated rings. The maximum absolute atomic E-state index is 6.28. The summed E-state index contributed by atoms with van der Waals surface area (Å²) in [5.74, 6) is 3.10. The van der Waals surface area contributed by atoms with Crippen LogP contribution in [0, 0.1) is 0 Å². The Morgan fingerprint density at radius 2 is 1.18 bits per heavy atom. The van der Waals surface area contributed by atoms with E-state index < -0.39 is 0 Å². The predicted molar refractivity (Wildman–Crippen MR) is 129 cm³/mol. The topological polar surface area (TPSA) is 57.4 Å². The van der Waals surface area contributed by atoms with E-state index in [-0.39, 0.29) is 0 Å². The lowest BCUT2D eigenvalue weighted by Crippen LogP contribution is -1.95. The SMILES string of the molecule is COc1ccc(-c2cc(-c3ccc(-c4ccccc4)o3)c(-c3ccc(OC)cc3)nn2)cc1. The van der Waals surface area contributed by atoms with Gasteiger partial charge in [-0.25, -0.2) is 0 Å². The number of methoxy groups -OCH3 is 2. The van der Waals surface area contributed by atoms with Crippen LogP contribution in [0.4, 0.5) is 0 Å². The summed E-state index contributed by atoms with van der Waals surface area (Å²) in [6.07, 6.45) is 0. The van der Waals surface area contributed by atoms with E-state index in [0.717, 1.165) is 56.7 Å². The summed E-state index contributed by atoms with van der Waals surface area (Å²) in [5, 5.41) is 9.11. The van der Waals surface area contributed by atoms with Gasteiger partial charge in [-0.1, -0.05) is 30.3 Å². The van der Waals surface area contributed by atoms with Crippen molar-refractivity contribution < 1.29 is 13.9 Å². The molecule has 0 aliphatic rings. The predicted octanol–water partition coefficient (Wildman–Crippen LogP) is 6.75. The molecule has 2 aromatic heterocycles. The highest BCUT2D eigenvalue weighted by Crippen LogP contribution is 2.36. The van der Waals surface area contributed by atoms with E-state index in [4.69, 9.17) is 13.9 Å². The van der Waals surface area contributed by atoms with E-state index in [1.54, 1.807) is 14.2 Å². The molecule has 0 bridgehead atoms. The minimum absolute atomic E-state index is 0.726. The van der Waals surface area contributed by atoms with Gasteiger partial charge in [-0.05, 0) is 66.7 Å². The second-order valence-electron chi connectivity index (χ2n) is 7.48. The minimum atomic E-state index is 0.726. The van der Waals surface area contributed by atoms with Crippen molar-refractivity contribution in [2.75, 3.05) is 14.2 Å². The molecular formula is C28H22N2O3. The Morgan fingerprint density at radius 3 is 1.82 bits per heavy atom. The number of aromatic nitrogens is 2. The molecule has 0 unspecified atom stereocenters. The highest BCUT2D eigenvalue weighted by molar-refractivity contribution is 5.82. The molecule has 0 spiro atoms. The first-order valence-corrected chi connectivity index (χ1v) is 10.6. The van der Waals surface area contributed by atoms with E-state index in [9.17, 15) is 0 Å². The lowest BCUT2D eigenvalue weighted by molar-refractivity contribution is 0.414. The van der Waals surface area contributed by atoms with E-state index >= 15 is 0 Å². The molecule has 0 aliphatic heterocycles. The zero-order valence-corrected chi connectivity index (χ0v) is 18.4. The van der Waals surface area contributed by atoms with Gasteiger partial charge in [-0.2, -0.15) is 0 Å². The van der Waals surface area contributed by atoms with Crippen LogP contribution in [0.2, 0.25) is 0 Å². The van der Waals surface area contributed by atoms with Crippen LogP contribution in [-0.4, -0.2) is 24.4 Å². The molecule has 162 valence electrons. The van der Waals surface area contributed by atoms with Gasteiger partial charge in [0.15, 0.2) is 0 Å². The second-order valence-corrected chi connectivity index (χ2v) is 7.48. The second kappa shape index (κ2) is 9.01. The molecule has 5 aromatic rings. The molecule has 2 heterocycles. The largest absolute Gasteiger partial charge is 0.497 e. The molecule has 3 aromatic carbocycles. The fourth-order valence-electron chi connectivity index (χ4n) is 3.68. The molecule has 0 amide bonds. The van der Waals surface area contributed by atoms with Crippen LogP contribution in [0.15, 0.2) is 101 Å². The molecule has 5 rings (SSSR count). The molecule has 0 saturated heterocycles. The highest BCUT2D eigenvalue weighted by Gasteiger charge is 2.17. The Labute approximate surface area is 192 Å². The van der Waals surface area contributed by atoms with Crippen molar-refractivity contribution in [2.24, 2.45) is 0 Å². The number of hydrogen-bond acceptors (Lipinski definition) is 5. The quantitative estimate of drug-likeness (QED) is 0.296. The number of hydrogen-bond donors (Lipinski definition) is 0. The van der Waals surface area contributed by atoms with Gasteiger partial charge in [0.2, 0.25) is 0 Å². The number of nitrogens with zero attached hydrogens (tertiary/aromatic N) is 2. The Bertz CT molecular complexity index is 1360. The summed E-state index contributed by atoms with van der Waals surface area (Å²) in [5.41, 5.74) is 5.25. The van der Waals surface area contributed by atoms with Crippen molar-refractivity contribution in [3.63, 3.8) is 0 Å². The number of furan rings is 1. The van der Waals surface area contributed by atoms with Crippen LogP contribution in [0.5, 0.6) is 11.5 Å². The summed E-state index contributed by atoms with van der Waals surface area (Å²) in [7, 11) is 3.30. The Kier molecular flexibility index (Phi) is 5.60. The molecule has 0 saturated carbocycles. The van der Waals surface area contributed by atoms with Gasteiger partial charge in [0.25, 0.3) is 0 Å². The summed E-state index contributed by atoms with van der Waals surface area (Å²) in [6, 6.07) is 31.5. The smallest absolute Gasteiger partial charge is 0.137 e. The lowest BCUT2D eigenvalue weighted by atomic mass is 10.0. The summed E-state index contributed by atoms with van der Waals surface area (Å²) in [6.45, 7) is 0. The van der Waals surface area contributed by atoms with Crippen LogP contribution in [0.25, 0.3) is 45.2 Å². The van der Waals surface area contributed by atoms with E-state index in [0.29, 0.717) is 0 Å². The van der Waals surface area contributed by atoms with Crippen LogP contribution in [0.1, 0.15) is 0 Å². The maximum Gasteiger partial charge on any atom is 0.137 e. The zero-order valence-electron chi connectivity index (χ0n) is 18.4. The first kappa shape index (κ1) is 20.5. The molecule has 0 aliphatic carbocycles. The fraction of sp³-hybridized carbons (Fsp3) is 0.0714. The molecule has 0 N–H and O–H groups in total. The van der Waals surface area contributed by atoms with Gasteiger partial charge in [0, 0.05) is 22.3 Å². The summed E-state index contributed by atoms with van der Waals surface area (Å²) >= 11 is 0. The van der Waals surface area contributed by atoms with Crippen LogP contribution in [-0.2, 0) is 0 Å². The van der Waals surface area contributed by atoms with Crippen molar-refractivity contribution in [1.82, 2.24) is 10.2 Å². The van der Waals surface area contributed by atoms with Gasteiger partial charge in [-0.15, -0.1) is 10.2 Å². The average molecular weight is 434 g/mol. The molecule has 5 heteroatoms. The van der Waals surface area contributed by atoms with Gasteiger partial charge in [0.1, 0.15) is 28.7 Å². The third-order valence-corrected chi connectivity index (χ3v) is 5.47. The van der Waals surface area contributed by atoms with Gasteiger partial charge in [0.05, 0.1) is 19.9 Å². The van der Waals surface area contributed by atoms with Crippen molar-refractivity contribution in [3.05, 3.63) is 97.1 Å². The van der Waals surface area contributed by atoms with Gasteiger partial charge < -0.3 is 13.9 Å². The van der Waals surface area contributed by atoms with Crippen molar-refractivity contribution in [3.8, 4) is 56.7 Å². The van der Waals surface area contributed by atoms with Gasteiger partial charge >= 0.3 is 0 Å². The number of ether oxygens (including phenoxy) is 2. The zero-order chi connectivity index (χ0) is 22.6. The number of rotatable bonds is 6. The Hall–Kier alpha value is -4.38. The van der Waals surface area contributed by atoms with Crippen LogP contribution >= 0.6 is 0 Å².